The molecule has 4 rings (SSSR count). The maximum absolute atomic E-state index is 6.20. The first-order valence-corrected chi connectivity index (χ1v) is 8.26. The molecule has 3 fully saturated rings. The minimum absolute atomic E-state index is 0.0448. The summed E-state index contributed by atoms with van der Waals surface area (Å²) in [6.07, 6.45) is 7.00. The number of rotatable bonds is 2. The Balaban J connectivity index is 1.46. The highest BCUT2D eigenvalue weighted by atomic mass is 16.5. The lowest BCUT2D eigenvalue weighted by Gasteiger charge is -2.33. The molecule has 0 aromatic carbocycles. The number of hydrogen-bond donors (Lipinski definition) is 1. The second-order valence-electron chi connectivity index (χ2n) is 6.66. The molecule has 2 aliphatic heterocycles. The van der Waals surface area contributed by atoms with Crippen molar-refractivity contribution in [2.45, 2.75) is 62.6 Å². The molecule has 4 unspecified atom stereocenters. The summed E-state index contributed by atoms with van der Waals surface area (Å²) >= 11 is 0. The Hall–Kier alpha value is -0.980. The van der Waals surface area contributed by atoms with Gasteiger partial charge in [0.1, 0.15) is 6.10 Å². The van der Waals surface area contributed by atoms with Crippen LogP contribution in [0.5, 0.6) is 0 Å². The normalized spacial score (nSPS) is 37.6. The van der Waals surface area contributed by atoms with Crippen molar-refractivity contribution in [3.63, 3.8) is 0 Å². The molecule has 0 spiro atoms. The van der Waals surface area contributed by atoms with Crippen molar-refractivity contribution in [2.75, 3.05) is 19.7 Å². The van der Waals surface area contributed by atoms with E-state index < -0.39 is 0 Å². The highest BCUT2D eigenvalue weighted by Crippen LogP contribution is 2.33. The van der Waals surface area contributed by atoms with E-state index in [0.29, 0.717) is 17.8 Å². The van der Waals surface area contributed by atoms with Gasteiger partial charge in [-0.25, -0.2) is 0 Å². The van der Waals surface area contributed by atoms with E-state index in [4.69, 9.17) is 15.0 Å². The van der Waals surface area contributed by atoms with Crippen molar-refractivity contribution in [1.82, 2.24) is 15.0 Å². The van der Waals surface area contributed by atoms with E-state index in [9.17, 15) is 0 Å². The number of hydrogen-bond acceptors (Lipinski definition) is 6. The Labute approximate surface area is 125 Å². The molecule has 21 heavy (non-hydrogen) atoms. The van der Waals surface area contributed by atoms with Gasteiger partial charge in [0.05, 0.1) is 12.5 Å². The monoisotopic (exact) mass is 292 g/mol. The van der Waals surface area contributed by atoms with Crippen LogP contribution in [0.3, 0.4) is 0 Å². The van der Waals surface area contributed by atoms with Crippen LogP contribution in [0.25, 0.3) is 0 Å². The van der Waals surface area contributed by atoms with Gasteiger partial charge in [-0.3, -0.25) is 4.90 Å². The highest BCUT2D eigenvalue weighted by molar-refractivity contribution is 5.03. The zero-order valence-electron chi connectivity index (χ0n) is 12.4. The minimum atomic E-state index is -0.0448. The summed E-state index contributed by atoms with van der Waals surface area (Å²) in [4.78, 5) is 7.11. The number of morpholine rings is 1. The first-order chi connectivity index (χ1) is 10.3. The quantitative estimate of drug-likeness (QED) is 0.892. The summed E-state index contributed by atoms with van der Waals surface area (Å²) in [7, 11) is 0. The lowest BCUT2D eigenvalue weighted by molar-refractivity contribution is -0.0548. The van der Waals surface area contributed by atoms with Gasteiger partial charge in [0.15, 0.2) is 0 Å². The maximum Gasteiger partial charge on any atom is 0.231 e. The van der Waals surface area contributed by atoms with Gasteiger partial charge in [-0.05, 0) is 32.2 Å². The van der Waals surface area contributed by atoms with Crippen molar-refractivity contribution in [3.05, 3.63) is 11.7 Å². The molecule has 6 heteroatoms. The Bertz CT molecular complexity index is 492. The van der Waals surface area contributed by atoms with Crippen molar-refractivity contribution < 1.29 is 9.26 Å². The molecule has 0 amide bonds. The second-order valence-corrected chi connectivity index (χ2v) is 6.66. The molecule has 1 aromatic rings. The minimum Gasteiger partial charge on any atom is -0.367 e. The van der Waals surface area contributed by atoms with Crippen LogP contribution in [0.2, 0.25) is 0 Å². The second kappa shape index (κ2) is 5.66. The zero-order chi connectivity index (χ0) is 14.2. The van der Waals surface area contributed by atoms with E-state index in [1.807, 2.05) is 0 Å². The summed E-state index contributed by atoms with van der Waals surface area (Å²) < 4.78 is 11.4. The highest BCUT2D eigenvalue weighted by Gasteiger charge is 2.36. The Kier molecular flexibility index (Phi) is 3.69. The van der Waals surface area contributed by atoms with Crippen LogP contribution in [0.15, 0.2) is 4.52 Å². The standard InChI is InChI=1S/C15H24N4O2/c16-12-6-2-1-5-11(12)15-17-14(18-21-15)13-8-19-7-3-4-10(19)9-20-13/h10-13H,1-9,16H2. The number of ether oxygens (including phenoxy) is 1. The Morgan fingerprint density at radius 2 is 2.05 bits per heavy atom. The summed E-state index contributed by atoms with van der Waals surface area (Å²) in [5.74, 6) is 1.64. The number of nitrogens with two attached hydrogens (primary N) is 1. The molecule has 1 aromatic heterocycles. The molecule has 4 atom stereocenters. The van der Waals surface area contributed by atoms with Gasteiger partial charge in [0.25, 0.3) is 0 Å². The Morgan fingerprint density at radius 3 is 2.95 bits per heavy atom. The topological polar surface area (TPSA) is 77.4 Å². The van der Waals surface area contributed by atoms with Gasteiger partial charge >= 0.3 is 0 Å². The third-order valence-corrected chi connectivity index (χ3v) is 5.27. The number of aromatic nitrogens is 2. The molecular formula is C15H24N4O2. The van der Waals surface area contributed by atoms with Gasteiger partial charge in [0, 0.05) is 18.6 Å². The van der Waals surface area contributed by atoms with Gasteiger partial charge in [-0.2, -0.15) is 4.98 Å². The number of nitrogens with zero attached hydrogens (tertiary/aromatic N) is 3. The van der Waals surface area contributed by atoms with E-state index in [2.05, 4.69) is 15.0 Å². The molecule has 2 N–H and O–H groups in total. The van der Waals surface area contributed by atoms with Gasteiger partial charge in [-0.15, -0.1) is 0 Å². The van der Waals surface area contributed by atoms with Crippen LogP contribution in [-0.2, 0) is 4.74 Å². The van der Waals surface area contributed by atoms with Gasteiger partial charge in [-0.1, -0.05) is 18.0 Å². The fraction of sp³-hybridized carbons (Fsp3) is 0.867. The fourth-order valence-corrected chi connectivity index (χ4v) is 3.97. The Morgan fingerprint density at radius 1 is 1.14 bits per heavy atom. The van der Waals surface area contributed by atoms with E-state index in [-0.39, 0.29) is 18.1 Å². The van der Waals surface area contributed by atoms with Crippen LogP contribution in [0.4, 0.5) is 0 Å². The van der Waals surface area contributed by atoms with Gasteiger partial charge in [0.2, 0.25) is 11.7 Å². The zero-order valence-corrected chi connectivity index (χ0v) is 12.4. The molecule has 3 aliphatic rings. The molecule has 1 saturated carbocycles. The van der Waals surface area contributed by atoms with Crippen LogP contribution >= 0.6 is 0 Å². The summed E-state index contributed by atoms with van der Waals surface area (Å²) in [5, 5.41) is 4.17. The first-order valence-electron chi connectivity index (χ1n) is 8.26. The molecule has 6 nitrogen and oxygen atoms in total. The summed E-state index contributed by atoms with van der Waals surface area (Å²) in [5.41, 5.74) is 6.20. The number of fused-ring (bicyclic) bond motifs is 1. The third kappa shape index (κ3) is 2.60. The van der Waals surface area contributed by atoms with Crippen molar-refractivity contribution in [3.8, 4) is 0 Å². The average molecular weight is 292 g/mol. The third-order valence-electron chi connectivity index (χ3n) is 5.27. The van der Waals surface area contributed by atoms with E-state index >= 15 is 0 Å². The van der Waals surface area contributed by atoms with Crippen LogP contribution in [0.1, 0.15) is 62.3 Å². The van der Waals surface area contributed by atoms with Crippen LogP contribution < -0.4 is 5.73 Å². The van der Waals surface area contributed by atoms with Crippen LogP contribution in [-0.4, -0.2) is 46.8 Å². The maximum atomic E-state index is 6.20. The van der Waals surface area contributed by atoms with Crippen LogP contribution in [0, 0.1) is 0 Å². The van der Waals surface area contributed by atoms with Crippen molar-refractivity contribution >= 4 is 0 Å². The molecular weight excluding hydrogens is 268 g/mol. The molecule has 1 aliphatic carbocycles. The van der Waals surface area contributed by atoms with E-state index in [1.54, 1.807) is 0 Å². The largest absolute Gasteiger partial charge is 0.367 e. The molecule has 0 bridgehead atoms. The van der Waals surface area contributed by atoms with Crippen molar-refractivity contribution in [1.29, 1.82) is 0 Å². The average Bonchev–Trinajstić information content (AvgIpc) is 3.16. The van der Waals surface area contributed by atoms with Gasteiger partial charge < -0.3 is 15.0 Å². The van der Waals surface area contributed by atoms with E-state index in [1.165, 1.54) is 32.2 Å². The molecule has 2 saturated heterocycles. The lowest BCUT2D eigenvalue weighted by atomic mass is 9.85. The lowest BCUT2D eigenvalue weighted by Crippen LogP contribution is -2.42. The molecule has 3 heterocycles. The molecule has 0 radical (unpaired) electrons. The predicted molar refractivity (Wildman–Crippen MR) is 76.8 cm³/mol. The summed E-state index contributed by atoms with van der Waals surface area (Å²) in [6.45, 7) is 2.85. The predicted octanol–water partition coefficient (Wildman–Crippen LogP) is 1.59. The van der Waals surface area contributed by atoms with Crippen molar-refractivity contribution in [2.24, 2.45) is 5.73 Å². The smallest absolute Gasteiger partial charge is 0.231 e. The summed E-state index contributed by atoms with van der Waals surface area (Å²) in [6, 6.07) is 0.752. The first kappa shape index (κ1) is 13.7. The molecule has 116 valence electrons. The van der Waals surface area contributed by atoms with E-state index in [0.717, 1.165) is 26.0 Å². The fourth-order valence-electron chi connectivity index (χ4n) is 3.97. The SMILES string of the molecule is NC1CCCCC1c1nc(C2CN3CCCC3CO2)no1.